The molecule has 3 rings (SSSR count). The number of nitrogens with one attached hydrogen (secondary N) is 1. The standard InChI is InChI=1S/C17H13FN2O3/c1-10(23-17(22)11-6-2-4-8-13(11)18)15-19-14-9-5-3-7-12(14)16(21)20-15/h2-10H,1H3,(H,19,20,21). The number of hydrogen-bond donors (Lipinski definition) is 1. The molecule has 0 aliphatic carbocycles. The second kappa shape index (κ2) is 6.00. The first-order valence-corrected chi connectivity index (χ1v) is 7.00. The molecule has 1 aromatic heterocycles. The minimum absolute atomic E-state index is 0.164. The highest BCUT2D eigenvalue weighted by Crippen LogP contribution is 2.17. The van der Waals surface area contributed by atoms with Crippen molar-refractivity contribution in [3.05, 3.63) is 76.1 Å². The Balaban J connectivity index is 1.89. The first-order valence-electron chi connectivity index (χ1n) is 7.00. The Morgan fingerprint density at radius 1 is 1.17 bits per heavy atom. The fourth-order valence-electron chi connectivity index (χ4n) is 2.20. The first kappa shape index (κ1) is 14.9. The molecule has 1 unspecified atom stereocenters. The van der Waals surface area contributed by atoms with Crippen molar-refractivity contribution in [1.29, 1.82) is 0 Å². The summed E-state index contributed by atoms with van der Waals surface area (Å²) in [7, 11) is 0. The highest BCUT2D eigenvalue weighted by molar-refractivity contribution is 5.89. The number of nitrogens with zero attached hydrogens (tertiary/aromatic N) is 1. The number of rotatable bonds is 3. The molecule has 1 heterocycles. The van der Waals surface area contributed by atoms with Gasteiger partial charge in [-0.2, -0.15) is 0 Å². The monoisotopic (exact) mass is 312 g/mol. The summed E-state index contributed by atoms with van der Waals surface area (Å²) >= 11 is 0. The van der Waals surface area contributed by atoms with Gasteiger partial charge in [-0.3, -0.25) is 4.79 Å². The van der Waals surface area contributed by atoms with Gasteiger partial charge in [-0.15, -0.1) is 0 Å². The van der Waals surface area contributed by atoms with Crippen LogP contribution < -0.4 is 5.56 Å². The van der Waals surface area contributed by atoms with E-state index >= 15 is 0 Å². The van der Waals surface area contributed by atoms with Crippen LogP contribution in [0.15, 0.2) is 53.3 Å². The topological polar surface area (TPSA) is 72.0 Å². The van der Waals surface area contributed by atoms with Gasteiger partial charge >= 0.3 is 5.97 Å². The van der Waals surface area contributed by atoms with E-state index in [0.717, 1.165) is 0 Å². The van der Waals surface area contributed by atoms with E-state index in [9.17, 15) is 14.0 Å². The summed E-state index contributed by atoms with van der Waals surface area (Å²) in [4.78, 5) is 30.9. The van der Waals surface area contributed by atoms with Gasteiger partial charge < -0.3 is 9.72 Å². The van der Waals surface area contributed by atoms with Crippen LogP contribution in [0.5, 0.6) is 0 Å². The number of hydrogen-bond acceptors (Lipinski definition) is 4. The Labute approximate surface area is 130 Å². The third-order valence-corrected chi connectivity index (χ3v) is 3.39. The van der Waals surface area contributed by atoms with E-state index in [1.165, 1.54) is 18.2 Å². The summed E-state index contributed by atoms with van der Waals surface area (Å²) in [5.41, 5.74) is 0.0157. The van der Waals surface area contributed by atoms with Gasteiger partial charge in [0.25, 0.3) is 5.56 Å². The van der Waals surface area contributed by atoms with Crippen molar-refractivity contribution in [2.24, 2.45) is 0 Å². The summed E-state index contributed by atoms with van der Waals surface area (Å²) in [5, 5.41) is 0.448. The lowest BCUT2D eigenvalue weighted by Crippen LogP contribution is -2.18. The largest absolute Gasteiger partial charge is 0.451 e. The number of halogens is 1. The Hall–Kier alpha value is -3.02. The lowest BCUT2D eigenvalue weighted by molar-refractivity contribution is 0.0314. The summed E-state index contributed by atoms with van der Waals surface area (Å²) < 4.78 is 18.8. The molecule has 1 atom stereocenters. The number of para-hydroxylation sites is 1. The number of benzene rings is 2. The van der Waals surface area contributed by atoms with E-state index in [2.05, 4.69) is 9.97 Å². The second-order valence-corrected chi connectivity index (χ2v) is 5.00. The normalized spacial score (nSPS) is 12.1. The van der Waals surface area contributed by atoms with E-state index in [1.54, 1.807) is 37.3 Å². The van der Waals surface area contributed by atoms with Gasteiger partial charge in [0.05, 0.1) is 16.5 Å². The zero-order chi connectivity index (χ0) is 16.4. The second-order valence-electron chi connectivity index (χ2n) is 5.00. The number of aromatic nitrogens is 2. The van der Waals surface area contributed by atoms with Crippen LogP contribution >= 0.6 is 0 Å². The number of aromatic amines is 1. The van der Waals surface area contributed by atoms with Gasteiger partial charge in [0, 0.05) is 0 Å². The summed E-state index contributed by atoms with van der Waals surface area (Å²) in [6.45, 7) is 1.56. The zero-order valence-electron chi connectivity index (χ0n) is 12.2. The van der Waals surface area contributed by atoms with Crippen LogP contribution in [0.25, 0.3) is 10.9 Å². The molecule has 0 aliphatic heterocycles. The van der Waals surface area contributed by atoms with Crippen LogP contribution in [-0.4, -0.2) is 15.9 Å². The number of H-pyrrole nitrogens is 1. The average Bonchev–Trinajstić information content (AvgIpc) is 2.55. The molecule has 5 nitrogen and oxygen atoms in total. The molecule has 2 aromatic carbocycles. The highest BCUT2D eigenvalue weighted by Gasteiger charge is 2.19. The molecule has 0 fully saturated rings. The van der Waals surface area contributed by atoms with Gasteiger partial charge in [0.15, 0.2) is 11.9 Å². The molecule has 23 heavy (non-hydrogen) atoms. The molecule has 0 radical (unpaired) electrons. The van der Waals surface area contributed by atoms with Crippen molar-refractivity contribution in [3.8, 4) is 0 Å². The van der Waals surface area contributed by atoms with Gasteiger partial charge in [-0.25, -0.2) is 14.2 Å². The van der Waals surface area contributed by atoms with Crippen LogP contribution in [0.4, 0.5) is 4.39 Å². The quantitative estimate of drug-likeness (QED) is 0.755. The fourth-order valence-corrected chi connectivity index (χ4v) is 2.20. The third kappa shape index (κ3) is 2.96. The number of carbonyl (C=O) groups excluding carboxylic acids is 1. The molecule has 1 N–H and O–H groups in total. The Morgan fingerprint density at radius 3 is 2.65 bits per heavy atom. The Kier molecular flexibility index (Phi) is 3.89. The molecule has 0 aliphatic rings. The van der Waals surface area contributed by atoms with Gasteiger partial charge in [0.1, 0.15) is 5.82 Å². The van der Waals surface area contributed by atoms with Gasteiger partial charge in [-0.1, -0.05) is 24.3 Å². The van der Waals surface area contributed by atoms with Crippen molar-refractivity contribution in [2.45, 2.75) is 13.0 Å². The molecule has 0 amide bonds. The van der Waals surface area contributed by atoms with E-state index in [-0.39, 0.29) is 16.9 Å². The lowest BCUT2D eigenvalue weighted by atomic mass is 10.2. The number of ether oxygens (including phenoxy) is 1. The molecule has 0 spiro atoms. The van der Waals surface area contributed by atoms with E-state index in [4.69, 9.17) is 4.74 Å². The zero-order valence-corrected chi connectivity index (χ0v) is 12.2. The van der Waals surface area contributed by atoms with Crippen molar-refractivity contribution in [1.82, 2.24) is 9.97 Å². The minimum Gasteiger partial charge on any atom is -0.451 e. The van der Waals surface area contributed by atoms with Crippen molar-refractivity contribution < 1.29 is 13.9 Å². The van der Waals surface area contributed by atoms with Gasteiger partial charge in [0.2, 0.25) is 0 Å². The molecule has 116 valence electrons. The molecule has 0 saturated heterocycles. The van der Waals surface area contributed by atoms with Crippen LogP contribution in [0.1, 0.15) is 29.2 Å². The maximum Gasteiger partial charge on any atom is 0.341 e. The maximum atomic E-state index is 13.6. The number of carbonyl (C=O) groups is 1. The predicted molar refractivity (Wildman–Crippen MR) is 82.6 cm³/mol. The van der Waals surface area contributed by atoms with E-state index < -0.39 is 17.9 Å². The molecule has 0 saturated carbocycles. The maximum absolute atomic E-state index is 13.6. The van der Waals surface area contributed by atoms with E-state index in [1.807, 2.05) is 0 Å². The van der Waals surface area contributed by atoms with Crippen LogP contribution in [0.2, 0.25) is 0 Å². The molecule has 3 aromatic rings. The average molecular weight is 312 g/mol. The van der Waals surface area contributed by atoms with Crippen molar-refractivity contribution in [2.75, 3.05) is 0 Å². The van der Waals surface area contributed by atoms with Crippen molar-refractivity contribution in [3.63, 3.8) is 0 Å². The molecular formula is C17H13FN2O3. The van der Waals surface area contributed by atoms with E-state index in [0.29, 0.717) is 10.9 Å². The minimum atomic E-state index is -0.820. The van der Waals surface area contributed by atoms with Crippen molar-refractivity contribution >= 4 is 16.9 Å². The van der Waals surface area contributed by atoms with Crippen LogP contribution in [0.3, 0.4) is 0 Å². The molecule has 6 heteroatoms. The summed E-state index contributed by atoms with van der Waals surface area (Å²) in [6.07, 6.45) is -0.820. The van der Waals surface area contributed by atoms with Crippen LogP contribution in [0, 0.1) is 5.82 Å². The first-order chi connectivity index (χ1) is 11.1. The summed E-state index contributed by atoms with van der Waals surface area (Å²) in [5.74, 6) is -1.27. The number of fused-ring (bicyclic) bond motifs is 1. The molecule has 0 bridgehead atoms. The Bertz CT molecular complexity index is 936. The molecular weight excluding hydrogens is 299 g/mol. The van der Waals surface area contributed by atoms with Crippen LogP contribution in [-0.2, 0) is 4.74 Å². The smallest absolute Gasteiger partial charge is 0.341 e. The highest BCUT2D eigenvalue weighted by atomic mass is 19.1. The summed E-state index contributed by atoms with van der Waals surface area (Å²) in [6, 6.07) is 12.4. The number of esters is 1. The SMILES string of the molecule is CC(OC(=O)c1ccccc1F)c1nc2ccccc2c(=O)[nH]1. The van der Waals surface area contributed by atoms with Gasteiger partial charge in [-0.05, 0) is 31.2 Å². The Morgan fingerprint density at radius 2 is 1.87 bits per heavy atom. The predicted octanol–water partition coefficient (Wildman–Crippen LogP) is 2.98. The fraction of sp³-hybridized carbons (Fsp3) is 0.118. The lowest BCUT2D eigenvalue weighted by Gasteiger charge is -2.13. The third-order valence-electron chi connectivity index (χ3n) is 3.39.